The summed E-state index contributed by atoms with van der Waals surface area (Å²) < 4.78 is 0. The Labute approximate surface area is 119 Å². The zero-order chi connectivity index (χ0) is 13.9. The molecule has 20 heavy (non-hydrogen) atoms. The van der Waals surface area contributed by atoms with Crippen LogP contribution in [0.15, 0.2) is 54.6 Å². The molecule has 3 rings (SSSR count). The molecule has 1 heterocycles. The minimum absolute atomic E-state index is 0.230. The number of benzene rings is 2. The highest BCUT2D eigenvalue weighted by molar-refractivity contribution is 5.80. The van der Waals surface area contributed by atoms with Crippen molar-refractivity contribution in [1.82, 2.24) is 4.98 Å². The van der Waals surface area contributed by atoms with Gasteiger partial charge in [-0.1, -0.05) is 49.4 Å². The first kappa shape index (κ1) is 12.9. The molecule has 0 spiro atoms. The van der Waals surface area contributed by atoms with Crippen molar-refractivity contribution in [1.29, 1.82) is 0 Å². The average Bonchev–Trinajstić information content (AvgIpc) is 2.92. The van der Waals surface area contributed by atoms with E-state index in [4.69, 9.17) is 5.73 Å². The van der Waals surface area contributed by atoms with E-state index in [1.54, 1.807) is 0 Å². The molecule has 0 amide bonds. The summed E-state index contributed by atoms with van der Waals surface area (Å²) in [7, 11) is 0. The van der Waals surface area contributed by atoms with Crippen molar-refractivity contribution in [3.63, 3.8) is 0 Å². The fourth-order valence-electron chi connectivity index (χ4n) is 2.71. The second-order valence-electron chi connectivity index (χ2n) is 5.20. The molecule has 2 heteroatoms. The van der Waals surface area contributed by atoms with Gasteiger partial charge in [-0.25, -0.2) is 0 Å². The lowest BCUT2D eigenvalue weighted by Gasteiger charge is -2.14. The number of hydrogen-bond donors (Lipinski definition) is 2. The molecule has 1 atom stereocenters. The van der Waals surface area contributed by atoms with Crippen molar-refractivity contribution in [2.75, 3.05) is 6.54 Å². The Hall–Kier alpha value is -2.06. The molecule has 0 radical (unpaired) electrons. The molecule has 0 aliphatic carbocycles. The number of aromatic amines is 1. The number of hydrogen-bond acceptors (Lipinski definition) is 1. The average molecular weight is 264 g/mol. The van der Waals surface area contributed by atoms with Gasteiger partial charge in [0.25, 0.3) is 0 Å². The van der Waals surface area contributed by atoms with Gasteiger partial charge in [0, 0.05) is 23.7 Å². The minimum atomic E-state index is 0.230. The molecule has 2 nitrogen and oxygen atoms in total. The summed E-state index contributed by atoms with van der Waals surface area (Å²) in [6.45, 7) is 2.78. The number of para-hydroxylation sites is 1. The smallest absolute Gasteiger partial charge is 0.0456 e. The summed E-state index contributed by atoms with van der Waals surface area (Å²) in [4.78, 5) is 3.49. The third kappa shape index (κ3) is 2.35. The predicted octanol–water partition coefficient (Wildman–Crippen LogP) is 3.82. The van der Waals surface area contributed by atoms with Crippen molar-refractivity contribution >= 4 is 10.9 Å². The minimum Gasteiger partial charge on any atom is -0.358 e. The van der Waals surface area contributed by atoms with Gasteiger partial charge in [0.1, 0.15) is 0 Å². The summed E-state index contributed by atoms with van der Waals surface area (Å²) in [5.74, 6) is 0.230. The largest absolute Gasteiger partial charge is 0.358 e. The summed E-state index contributed by atoms with van der Waals surface area (Å²) in [5.41, 5.74) is 11.0. The zero-order valence-corrected chi connectivity index (χ0v) is 11.8. The number of fused-ring (bicyclic) bond motifs is 1. The van der Waals surface area contributed by atoms with Gasteiger partial charge >= 0.3 is 0 Å². The molecule has 3 aromatic rings. The number of aromatic nitrogens is 1. The number of nitrogens with two attached hydrogens (primary N) is 1. The van der Waals surface area contributed by atoms with E-state index in [0.717, 1.165) is 6.42 Å². The lowest BCUT2D eigenvalue weighted by Crippen LogP contribution is -2.14. The van der Waals surface area contributed by atoms with Crippen LogP contribution in [0.2, 0.25) is 0 Å². The fraction of sp³-hybridized carbons (Fsp3) is 0.222. The first-order valence-corrected chi connectivity index (χ1v) is 7.18. The van der Waals surface area contributed by atoms with Crippen LogP contribution in [0.4, 0.5) is 0 Å². The Kier molecular flexibility index (Phi) is 3.57. The molecule has 0 fully saturated rings. The molecule has 102 valence electrons. The van der Waals surface area contributed by atoms with E-state index in [1.165, 1.54) is 27.7 Å². The van der Waals surface area contributed by atoms with Crippen molar-refractivity contribution in [2.45, 2.75) is 19.3 Å². The van der Waals surface area contributed by atoms with Crippen LogP contribution in [0, 0.1) is 0 Å². The second kappa shape index (κ2) is 5.51. The van der Waals surface area contributed by atoms with Crippen LogP contribution < -0.4 is 5.73 Å². The van der Waals surface area contributed by atoms with E-state index in [0.29, 0.717) is 6.54 Å². The first-order chi connectivity index (χ1) is 9.81. The summed E-state index contributed by atoms with van der Waals surface area (Å²) >= 11 is 0. The van der Waals surface area contributed by atoms with E-state index in [-0.39, 0.29) is 5.92 Å². The Balaban J connectivity index is 1.99. The number of H-pyrrole nitrogens is 1. The molecule has 0 bridgehead atoms. The molecule has 0 saturated heterocycles. The molecule has 1 aromatic heterocycles. The van der Waals surface area contributed by atoms with Gasteiger partial charge in [-0.3, -0.25) is 0 Å². The topological polar surface area (TPSA) is 41.8 Å². The van der Waals surface area contributed by atoms with Gasteiger partial charge in [0.05, 0.1) is 0 Å². The van der Waals surface area contributed by atoms with Crippen LogP contribution in [-0.2, 0) is 6.42 Å². The molecule has 3 N–H and O–H groups in total. The molecule has 1 unspecified atom stereocenters. The van der Waals surface area contributed by atoms with Gasteiger partial charge < -0.3 is 10.7 Å². The van der Waals surface area contributed by atoms with Crippen LogP contribution in [-0.4, -0.2) is 11.5 Å². The van der Waals surface area contributed by atoms with Crippen LogP contribution in [0.1, 0.15) is 29.7 Å². The van der Waals surface area contributed by atoms with Gasteiger partial charge in [0.2, 0.25) is 0 Å². The highest BCUT2D eigenvalue weighted by Crippen LogP contribution is 2.26. The monoisotopic (exact) mass is 264 g/mol. The van der Waals surface area contributed by atoms with Gasteiger partial charge in [-0.05, 0) is 35.1 Å². The van der Waals surface area contributed by atoms with Crippen LogP contribution >= 0.6 is 0 Å². The summed E-state index contributed by atoms with van der Waals surface area (Å²) in [6, 6.07) is 19.3. The highest BCUT2D eigenvalue weighted by Gasteiger charge is 2.14. The quantitative estimate of drug-likeness (QED) is 0.739. The summed E-state index contributed by atoms with van der Waals surface area (Å²) in [5, 5.41) is 1.24. The van der Waals surface area contributed by atoms with Crippen LogP contribution in [0.3, 0.4) is 0 Å². The third-order valence-electron chi connectivity index (χ3n) is 3.95. The van der Waals surface area contributed by atoms with Crippen molar-refractivity contribution < 1.29 is 0 Å². The number of aryl methyl sites for hydroxylation is 1. The SMILES string of the molecule is CCc1ccc(C(CN)c2cc3ccccc3[nH]2)cc1. The van der Waals surface area contributed by atoms with Gasteiger partial charge in [0.15, 0.2) is 0 Å². The van der Waals surface area contributed by atoms with Crippen molar-refractivity contribution in [3.05, 3.63) is 71.4 Å². The predicted molar refractivity (Wildman–Crippen MR) is 85.0 cm³/mol. The number of nitrogens with one attached hydrogen (secondary N) is 1. The van der Waals surface area contributed by atoms with Crippen molar-refractivity contribution in [3.8, 4) is 0 Å². The molecule has 0 aliphatic heterocycles. The second-order valence-corrected chi connectivity index (χ2v) is 5.20. The third-order valence-corrected chi connectivity index (χ3v) is 3.95. The molecule has 0 aliphatic rings. The van der Waals surface area contributed by atoms with E-state index in [2.05, 4.69) is 66.5 Å². The van der Waals surface area contributed by atoms with Gasteiger partial charge in [-0.2, -0.15) is 0 Å². The lowest BCUT2D eigenvalue weighted by atomic mass is 9.94. The molecule has 2 aromatic carbocycles. The highest BCUT2D eigenvalue weighted by atomic mass is 14.7. The molecule has 0 saturated carbocycles. The van der Waals surface area contributed by atoms with E-state index >= 15 is 0 Å². The van der Waals surface area contributed by atoms with Crippen LogP contribution in [0.25, 0.3) is 10.9 Å². The van der Waals surface area contributed by atoms with E-state index in [1.807, 2.05) is 0 Å². The first-order valence-electron chi connectivity index (χ1n) is 7.18. The summed E-state index contributed by atoms with van der Waals surface area (Å²) in [6.07, 6.45) is 1.07. The number of rotatable bonds is 4. The van der Waals surface area contributed by atoms with Crippen LogP contribution in [0.5, 0.6) is 0 Å². The van der Waals surface area contributed by atoms with E-state index in [9.17, 15) is 0 Å². The van der Waals surface area contributed by atoms with Gasteiger partial charge in [-0.15, -0.1) is 0 Å². The normalized spacial score (nSPS) is 12.7. The van der Waals surface area contributed by atoms with E-state index < -0.39 is 0 Å². The lowest BCUT2D eigenvalue weighted by molar-refractivity contribution is 0.796. The maximum Gasteiger partial charge on any atom is 0.0456 e. The maximum absolute atomic E-state index is 6.01. The molecular formula is C18H20N2. The maximum atomic E-state index is 6.01. The standard InChI is InChI=1S/C18H20N2/c1-2-13-7-9-14(10-8-13)16(12-19)18-11-15-5-3-4-6-17(15)20-18/h3-11,16,20H,2,12,19H2,1H3. The fourth-order valence-corrected chi connectivity index (χ4v) is 2.71. The Bertz CT molecular complexity index is 662. The van der Waals surface area contributed by atoms with Crippen molar-refractivity contribution in [2.24, 2.45) is 5.73 Å². The molecular weight excluding hydrogens is 244 g/mol. The Morgan fingerprint density at radius 2 is 1.80 bits per heavy atom. The Morgan fingerprint density at radius 3 is 2.45 bits per heavy atom. The zero-order valence-electron chi connectivity index (χ0n) is 11.8. The Morgan fingerprint density at radius 1 is 1.05 bits per heavy atom.